The Kier molecular flexibility index (Phi) is 2.28. The smallest absolute Gasteiger partial charge is 0.322 e. The molecular weight excluding hydrogens is 220 g/mol. The monoisotopic (exact) mass is 234 g/mol. The number of carboxylic acid groups (broad SMARTS) is 2. The van der Waals surface area contributed by atoms with Crippen LogP contribution in [0.4, 0.5) is 0 Å². The minimum absolute atomic E-state index is 0.480. The zero-order chi connectivity index (χ0) is 12.8. The van der Waals surface area contributed by atoms with Gasteiger partial charge in [0, 0.05) is 11.3 Å². The second-order valence-corrected chi connectivity index (χ2v) is 4.98. The Morgan fingerprint density at radius 3 is 1.88 bits per heavy atom. The van der Waals surface area contributed by atoms with Gasteiger partial charge in [-0.05, 0) is 5.56 Å². The number of carboxylic acids is 2. The third kappa shape index (κ3) is 1.24. The van der Waals surface area contributed by atoms with Gasteiger partial charge in [-0.15, -0.1) is 0 Å². The van der Waals surface area contributed by atoms with Gasteiger partial charge in [0.15, 0.2) is 5.41 Å². The van der Waals surface area contributed by atoms with Crippen LogP contribution in [0.15, 0.2) is 30.3 Å². The molecule has 0 amide bonds. The van der Waals surface area contributed by atoms with Crippen molar-refractivity contribution in [2.45, 2.75) is 19.8 Å². The molecule has 1 aliphatic rings. The first-order chi connectivity index (χ1) is 7.86. The third-order valence-electron chi connectivity index (χ3n) is 3.90. The van der Waals surface area contributed by atoms with Gasteiger partial charge in [0.05, 0.1) is 0 Å². The first-order valence-corrected chi connectivity index (χ1v) is 5.38. The lowest BCUT2D eigenvalue weighted by molar-refractivity contribution is -0.159. The minimum Gasteiger partial charge on any atom is -0.480 e. The lowest BCUT2D eigenvalue weighted by Crippen LogP contribution is -2.30. The number of hydrogen-bond acceptors (Lipinski definition) is 2. The highest BCUT2D eigenvalue weighted by molar-refractivity contribution is 6.05. The quantitative estimate of drug-likeness (QED) is 0.784. The van der Waals surface area contributed by atoms with Gasteiger partial charge in [0.1, 0.15) is 0 Å². The predicted octanol–water partition coefficient (Wildman–Crippen LogP) is 1.97. The van der Waals surface area contributed by atoms with E-state index < -0.39 is 28.7 Å². The van der Waals surface area contributed by atoms with E-state index in [2.05, 4.69) is 0 Å². The molecule has 1 fully saturated rings. The summed E-state index contributed by atoms with van der Waals surface area (Å²) in [6.07, 6.45) is 0. The van der Waals surface area contributed by atoms with E-state index >= 15 is 0 Å². The molecule has 1 unspecified atom stereocenters. The zero-order valence-electron chi connectivity index (χ0n) is 9.68. The lowest BCUT2D eigenvalue weighted by Gasteiger charge is -2.08. The summed E-state index contributed by atoms with van der Waals surface area (Å²) >= 11 is 0. The molecule has 0 saturated heterocycles. The molecule has 0 spiro atoms. The van der Waals surface area contributed by atoms with Crippen molar-refractivity contribution < 1.29 is 19.8 Å². The van der Waals surface area contributed by atoms with Crippen molar-refractivity contribution in [1.29, 1.82) is 0 Å². The zero-order valence-corrected chi connectivity index (χ0v) is 9.68. The average Bonchev–Trinajstić information content (AvgIpc) is 2.78. The van der Waals surface area contributed by atoms with E-state index in [1.165, 1.54) is 0 Å². The maximum atomic E-state index is 11.3. The van der Waals surface area contributed by atoms with Crippen LogP contribution in [0.25, 0.3) is 0 Å². The van der Waals surface area contributed by atoms with E-state index in [9.17, 15) is 19.8 Å². The Morgan fingerprint density at radius 1 is 1.06 bits per heavy atom. The minimum atomic E-state index is -1.70. The van der Waals surface area contributed by atoms with Crippen molar-refractivity contribution in [3.63, 3.8) is 0 Å². The average molecular weight is 234 g/mol. The van der Waals surface area contributed by atoms with E-state index in [0.29, 0.717) is 0 Å². The van der Waals surface area contributed by atoms with E-state index in [0.717, 1.165) is 5.56 Å². The Bertz CT molecular complexity index is 461. The molecule has 1 aromatic carbocycles. The van der Waals surface area contributed by atoms with Crippen molar-refractivity contribution in [3.8, 4) is 0 Å². The van der Waals surface area contributed by atoms with Crippen LogP contribution in [-0.2, 0) is 9.59 Å². The maximum Gasteiger partial charge on any atom is 0.322 e. The van der Waals surface area contributed by atoms with Crippen LogP contribution in [0, 0.1) is 10.8 Å². The second-order valence-electron chi connectivity index (χ2n) is 4.98. The van der Waals surface area contributed by atoms with Crippen molar-refractivity contribution in [2.75, 3.05) is 0 Å². The number of hydrogen-bond donors (Lipinski definition) is 2. The number of benzene rings is 1. The summed E-state index contributed by atoms with van der Waals surface area (Å²) in [7, 11) is 0. The van der Waals surface area contributed by atoms with E-state index in [4.69, 9.17) is 0 Å². The van der Waals surface area contributed by atoms with Crippen LogP contribution >= 0.6 is 0 Å². The molecule has 90 valence electrons. The van der Waals surface area contributed by atoms with Gasteiger partial charge >= 0.3 is 11.9 Å². The van der Waals surface area contributed by atoms with Crippen molar-refractivity contribution >= 4 is 11.9 Å². The SMILES string of the molecule is CC1(C)C(c2ccccc2)C1(C(=O)O)C(=O)O. The van der Waals surface area contributed by atoms with Gasteiger partial charge in [0.25, 0.3) is 0 Å². The first-order valence-electron chi connectivity index (χ1n) is 5.38. The topological polar surface area (TPSA) is 74.6 Å². The standard InChI is InChI=1S/C13H14O4/c1-12(2)9(8-6-4-3-5-7-8)13(12,10(14)15)11(16)17/h3-7,9H,1-2H3,(H,14,15)(H,16,17). The van der Waals surface area contributed by atoms with E-state index in [1.54, 1.807) is 38.1 Å². The molecule has 0 aliphatic heterocycles. The molecule has 0 heterocycles. The van der Waals surface area contributed by atoms with Crippen LogP contribution in [0.3, 0.4) is 0 Å². The van der Waals surface area contributed by atoms with Gasteiger partial charge in [0.2, 0.25) is 0 Å². The highest BCUT2D eigenvalue weighted by Gasteiger charge is 2.81. The molecule has 17 heavy (non-hydrogen) atoms. The summed E-state index contributed by atoms with van der Waals surface area (Å²) in [5, 5.41) is 18.5. The Labute approximate surface area is 98.9 Å². The lowest BCUT2D eigenvalue weighted by atomic mass is 9.96. The molecule has 1 saturated carbocycles. The molecule has 1 aromatic rings. The van der Waals surface area contributed by atoms with Gasteiger partial charge in [-0.1, -0.05) is 44.2 Å². The predicted molar refractivity (Wildman–Crippen MR) is 60.7 cm³/mol. The summed E-state index contributed by atoms with van der Waals surface area (Å²) < 4.78 is 0. The van der Waals surface area contributed by atoms with Crippen LogP contribution in [0.1, 0.15) is 25.3 Å². The third-order valence-corrected chi connectivity index (χ3v) is 3.90. The Hall–Kier alpha value is -1.84. The van der Waals surface area contributed by atoms with Crippen molar-refractivity contribution in [2.24, 2.45) is 10.8 Å². The van der Waals surface area contributed by atoms with Gasteiger partial charge in [-0.25, -0.2) is 0 Å². The number of aliphatic carboxylic acids is 2. The molecule has 2 N–H and O–H groups in total. The molecule has 2 rings (SSSR count). The van der Waals surface area contributed by atoms with Crippen LogP contribution < -0.4 is 0 Å². The van der Waals surface area contributed by atoms with Gasteiger partial charge < -0.3 is 10.2 Å². The number of rotatable bonds is 3. The molecule has 0 aromatic heterocycles. The van der Waals surface area contributed by atoms with Gasteiger partial charge in [-0.3, -0.25) is 9.59 Å². The summed E-state index contributed by atoms with van der Waals surface area (Å²) in [4.78, 5) is 22.7. The number of carbonyl (C=O) groups is 2. The van der Waals surface area contributed by atoms with Gasteiger partial charge in [-0.2, -0.15) is 0 Å². The Balaban J connectivity index is 2.52. The summed E-state index contributed by atoms with van der Waals surface area (Å²) in [5.74, 6) is -3.00. The molecule has 4 nitrogen and oxygen atoms in total. The van der Waals surface area contributed by atoms with E-state index in [1.807, 2.05) is 6.07 Å². The molecular formula is C13H14O4. The molecule has 0 radical (unpaired) electrons. The van der Waals surface area contributed by atoms with Crippen molar-refractivity contribution in [3.05, 3.63) is 35.9 Å². The summed E-state index contributed by atoms with van der Waals surface area (Å²) in [6, 6.07) is 8.96. The molecule has 1 atom stereocenters. The molecule has 4 heteroatoms. The fourth-order valence-electron chi connectivity index (χ4n) is 2.97. The van der Waals surface area contributed by atoms with E-state index in [-0.39, 0.29) is 0 Å². The normalized spacial score (nSPS) is 24.0. The maximum absolute atomic E-state index is 11.3. The van der Waals surface area contributed by atoms with Crippen LogP contribution in [0.5, 0.6) is 0 Å². The largest absolute Gasteiger partial charge is 0.480 e. The highest BCUT2D eigenvalue weighted by Crippen LogP contribution is 2.74. The second kappa shape index (κ2) is 3.32. The fourth-order valence-corrected chi connectivity index (χ4v) is 2.97. The molecule has 0 bridgehead atoms. The fraction of sp³-hybridized carbons (Fsp3) is 0.385. The molecule has 1 aliphatic carbocycles. The van der Waals surface area contributed by atoms with Crippen LogP contribution in [-0.4, -0.2) is 22.2 Å². The summed E-state index contributed by atoms with van der Waals surface area (Å²) in [6.45, 7) is 3.37. The Morgan fingerprint density at radius 2 is 1.53 bits per heavy atom. The van der Waals surface area contributed by atoms with Crippen LogP contribution in [0.2, 0.25) is 0 Å². The summed E-state index contributed by atoms with van der Waals surface area (Å²) in [5.41, 5.74) is -1.71. The first kappa shape index (κ1) is 11.6. The van der Waals surface area contributed by atoms with Crippen molar-refractivity contribution in [1.82, 2.24) is 0 Å². The highest BCUT2D eigenvalue weighted by atomic mass is 16.4.